The van der Waals surface area contributed by atoms with Crippen LogP contribution in [0.15, 0.2) is 36.4 Å². The summed E-state index contributed by atoms with van der Waals surface area (Å²) in [6, 6.07) is 7.53. The first-order valence-corrected chi connectivity index (χ1v) is 6.14. The van der Waals surface area contributed by atoms with Crippen molar-refractivity contribution in [2.45, 2.75) is 6.92 Å². The minimum Gasteiger partial charge on any atom is -0.477 e. The molecule has 2 aromatic rings. The van der Waals surface area contributed by atoms with Gasteiger partial charge in [0.05, 0.1) is 5.69 Å². The molecule has 0 saturated heterocycles. The molecule has 0 bridgehead atoms. The predicted molar refractivity (Wildman–Crippen MR) is 76.6 cm³/mol. The third-order valence-electron chi connectivity index (χ3n) is 2.74. The second-order valence-corrected chi connectivity index (χ2v) is 4.39. The molecule has 0 saturated carbocycles. The third-order valence-corrected chi connectivity index (χ3v) is 2.74. The highest BCUT2D eigenvalue weighted by Gasteiger charge is 2.14. The molecule has 0 aliphatic heterocycles. The number of anilines is 1. The smallest absolute Gasteiger partial charge is 0.354 e. The highest BCUT2D eigenvalue weighted by Crippen LogP contribution is 2.17. The maximum Gasteiger partial charge on any atom is 0.354 e. The van der Waals surface area contributed by atoms with Gasteiger partial charge in [-0.2, -0.15) is 0 Å². The number of H-pyrrole nitrogens is 1. The van der Waals surface area contributed by atoms with E-state index in [0.717, 1.165) is 6.08 Å². The lowest BCUT2D eigenvalue weighted by atomic mass is 10.2. The molecule has 0 fully saturated rings. The highest BCUT2D eigenvalue weighted by atomic mass is 19.1. The van der Waals surface area contributed by atoms with Crippen molar-refractivity contribution < 1.29 is 19.1 Å². The number of amides is 1. The van der Waals surface area contributed by atoms with Crippen LogP contribution in [0.25, 0.3) is 6.08 Å². The Morgan fingerprint density at radius 2 is 2.05 bits per heavy atom. The summed E-state index contributed by atoms with van der Waals surface area (Å²) in [7, 11) is 0. The molecule has 1 heterocycles. The summed E-state index contributed by atoms with van der Waals surface area (Å²) < 4.78 is 13.4. The number of aromatic nitrogens is 1. The molecule has 0 aliphatic carbocycles. The van der Waals surface area contributed by atoms with Crippen LogP contribution in [0.3, 0.4) is 0 Å². The highest BCUT2D eigenvalue weighted by molar-refractivity contribution is 6.05. The molecule has 0 unspecified atom stereocenters. The first-order valence-electron chi connectivity index (χ1n) is 6.14. The number of aromatic carboxylic acids is 1. The number of hydrogen-bond acceptors (Lipinski definition) is 2. The molecule has 2 rings (SSSR count). The second kappa shape index (κ2) is 6.04. The maximum atomic E-state index is 13.4. The van der Waals surface area contributed by atoms with Crippen LogP contribution in [-0.2, 0) is 4.79 Å². The average Bonchev–Trinajstić information content (AvgIpc) is 2.79. The van der Waals surface area contributed by atoms with Crippen molar-refractivity contribution in [1.29, 1.82) is 0 Å². The van der Waals surface area contributed by atoms with E-state index in [2.05, 4.69) is 10.3 Å². The van der Waals surface area contributed by atoms with E-state index in [0.29, 0.717) is 5.69 Å². The maximum absolute atomic E-state index is 13.4. The first kappa shape index (κ1) is 14.5. The Morgan fingerprint density at radius 1 is 1.33 bits per heavy atom. The average molecular weight is 288 g/mol. The van der Waals surface area contributed by atoms with E-state index in [9.17, 15) is 14.0 Å². The third kappa shape index (κ3) is 3.56. The fraction of sp³-hybridized carbons (Fsp3) is 0.0667. The minimum atomic E-state index is -1.17. The Morgan fingerprint density at radius 3 is 2.71 bits per heavy atom. The summed E-state index contributed by atoms with van der Waals surface area (Å²) in [5.41, 5.74) is 0.959. The van der Waals surface area contributed by atoms with Gasteiger partial charge in [-0.05, 0) is 25.1 Å². The minimum absolute atomic E-state index is 0.0971. The van der Waals surface area contributed by atoms with Crippen LogP contribution in [0.1, 0.15) is 21.7 Å². The van der Waals surface area contributed by atoms with Gasteiger partial charge in [0.25, 0.3) is 0 Å². The molecule has 6 heteroatoms. The Labute approximate surface area is 120 Å². The Kier molecular flexibility index (Phi) is 4.18. The first-order chi connectivity index (χ1) is 9.97. The van der Waals surface area contributed by atoms with E-state index in [1.165, 1.54) is 24.3 Å². The van der Waals surface area contributed by atoms with Gasteiger partial charge in [-0.25, -0.2) is 9.18 Å². The number of rotatable bonds is 4. The number of aryl methyl sites for hydroxylation is 1. The monoisotopic (exact) mass is 288 g/mol. The van der Waals surface area contributed by atoms with Crippen molar-refractivity contribution >= 4 is 23.6 Å². The van der Waals surface area contributed by atoms with Crippen molar-refractivity contribution in [3.05, 3.63) is 59.2 Å². The number of halogens is 1. The molecule has 0 radical (unpaired) electrons. The van der Waals surface area contributed by atoms with Gasteiger partial charge < -0.3 is 15.4 Å². The molecular weight excluding hydrogens is 275 g/mol. The van der Waals surface area contributed by atoms with Crippen LogP contribution in [-0.4, -0.2) is 22.0 Å². The lowest BCUT2D eigenvalue weighted by Gasteiger charge is -2.01. The zero-order valence-electron chi connectivity index (χ0n) is 11.2. The summed E-state index contributed by atoms with van der Waals surface area (Å²) in [5, 5.41) is 11.4. The Balaban J connectivity index is 2.12. The number of carbonyl (C=O) groups is 2. The summed E-state index contributed by atoms with van der Waals surface area (Å²) >= 11 is 0. The van der Waals surface area contributed by atoms with E-state index in [-0.39, 0.29) is 16.9 Å². The van der Waals surface area contributed by atoms with Gasteiger partial charge in [-0.1, -0.05) is 18.2 Å². The number of hydrogen-bond donors (Lipinski definition) is 3. The molecule has 0 atom stereocenters. The molecule has 1 amide bonds. The summed E-state index contributed by atoms with van der Waals surface area (Å²) in [5.74, 6) is -2.15. The van der Waals surface area contributed by atoms with Gasteiger partial charge in [0, 0.05) is 17.3 Å². The normalized spacial score (nSPS) is 10.8. The number of carboxylic acid groups (broad SMARTS) is 1. The zero-order chi connectivity index (χ0) is 15.4. The molecule has 5 nitrogen and oxygen atoms in total. The largest absolute Gasteiger partial charge is 0.477 e. The quantitative estimate of drug-likeness (QED) is 0.756. The van der Waals surface area contributed by atoms with Crippen molar-refractivity contribution in [2.24, 2.45) is 0 Å². The van der Waals surface area contributed by atoms with Crippen molar-refractivity contribution in [3.63, 3.8) is 0 Å². The van der Waals surface area contributed by atoms with Gasteiger partial charge in [0.2, 0.25) is 5.91 Å². The number of nitrogens with one attached hydrogen (secondary N) is 2. The Hall–Kier alpha value is -2.89. The van der Waals surface area contributed by atoms with Crippen LogP contribution in [0.5, 0.6) is 0 Å². The number of carboxylic acids is 1. The topological polar surface area (TPSA) is 82.2 Å². The van der Waals surface area contributed by atoms with E-state index in [4.69, 9.17) is 5.11 Å². The summed E-state index contributed by atoms with van der Waals surface area (Å²) in [6.45, 7) is 1.68. The van der Waals surface area contributed by atoms with Crippen molar-refractivity contribution in [3.8, 4) is 0 Å². The van der Waals surface area contributed by atoms with Gasteiger partial charge in [-0.15, -0.1) is 0 Å². The van der Waals surface area contributed by atoms with Crippen LogP contribution in [0.2, 0.25) is 0 Å². The lowest BCUT2D eigenvalue weighted by Crippen LogP contribution is -2.11. The fourth-order valence-corrected chi connectivity index (χ4v) is 1.81. The van der Waals surface area contributed by atoms with E-state index in [1.54, 1.807) is 19.1 Å². The summed E-state index contributed by atoms with van der Waals surface area (Å²) in [4.78, 5) is 25.4. The zero-order valence-corrected chi connectivity index (χ0v) is 11.2. The molecule has 1 aromatic carbocycles. The van der Waals surface area contributed by atoms with Crippen molar-refractivity contribution in [1.82, 2.24) is 4.98 Å². The molecule has 1 aromatic heterocycles. The SMILES string of the molecule is Cc1cc(NC(=O)/C=C/c2ccccc2F)c(C(=O)O)[nH]1. The standard InChI is InChI=1S/C15H13FN2O3/c1-9-8-12(14(17-9)15(20)21)18-13(19)7-6-10-4-2-3-5-11(10)16/h2-8,17H,1H3,(H,18,19)(H,20,21)/b7-6+. The molecule has 0 spiro atoms. The van der Waals surface area contributed by atoms with Crippen LogP contribution >= 0.6 is 0 Å². The van der Waals surface area contributed by atoms with Crippen LogP contribution < -0.4 is 5.32 Å². The number of carbonyl (C=O) groups excluding carboxylic acids is 1. The van der Waals surface area contributed by atoms with E-state index >= 15 is 0 Å². The van der Waals surface area contributed by atoms with E-state index in [1.807, 2.05) is 0 Å². The van der Waals surface area contributed by atoms with Gasteiger partial charge in [0.1, 0.15) is 11.5 Å². The molecule has 21 heavy (non-hydrogen) atoms. The van der Waals surface area contributed by atoms with Crippen molar-refractivity contribution in [2.75, 3.05) is 5.32 Å². The predicted octanol–water partition coefficient (Wildman–Crippen LogP) is 2.81. The van der Waals surface area contributed by atoms with Gasteiger partial charge >= 0.3 is 5.97 Å². The molecular formula is C15H13FN2O3. The van der Waals surface area contributed by atoms with E-state index < -0.39 is 17.7 Å². The fourth-order valence-electron chi connectivity index (χ4n) is 1.81. The van der Waals surface area contributed by atoms with Gasteiger partial charge in [0.15, 0.2) is 0 Å². The molecule has 0 aliphatic rings. The lowest BCUT2D eigenvalue weighted by molar-refractivity contribution is -0.111. The second-order valence-electron chi connectivity index (χ2n) is 4.39. The number of aromatic amines is 1. The summed E-state index contributed by atoms with van der Waals surface area (Å²) in [6.07, 6.45) is 2.47. The van der Waals surface area contributed by atoms with Crippen LogP contribution in [0, 0.1) is 12.7 Å². The number of benzene rings is 1. The Bertz CT molecular complexity index is 719. The molecule has 108 valence electrons. The van der Waals surface area contributed by atoms with Gasteiger partial charge in [-0.3, -0.25) is 4.79 Å². The van der Waals surface area contributed by atoms with Crippen LogP contribution in [0.4, 0.5) is 10.1 Å². The molecule has 3 N–H and O–H groups in total.